The Bertz CT molecular complexity index is 612. The van der Waals surface area contributed by atoms with Crippen molar-refractivity contribution in [3.63, 3.8) is 0 Å². The topological polar surface area (TPSA) is 38.3 Å². The fourth-order valence-electron chi connectivity index (χ4n) is 1.81. The van der Waals surface area contributed by atoms with Gasteiger partial charge in [0.15, 0.2) is 0 Å². The van der Waals surface area contributed by atoms with Gasteiger partial charge in [-0.1, -0.05) is 40.2 Å². The van der Waals surface area contributed by atoms with Gasteiger partial charge in [-0.05, 0) is 38.3 Å². The van der Waals surface area contributed by atoms with E-state index >= 15 is 0 Å². The van der Waals surface area contributed by atoms with Crippen molar-refractivity contribution in [1.29, 1.82) is 0 Å². The predicted molar refractivity (Wildman–Crippen MR) is 81.5 cm³/mol. The smallest absolute Gasteiger partial charge is 0.412 e. The number of nitrogens with one attached hydrogen (secondary N) is 1. The number of carbonyl (C=O) groups is 1. The quantitative estimate of drug-likeness (QED) is 0.807. The normalized spacial score (nSPS) is 11.4. The number of benzene rings is 2. The molecule has 0 saturated heterocycles. The molecule has 0 heterocycles. The molecule has 4 heteroatoms. The zero-order valence-corrected chi connectivity index (χ0v) is 12.7. The fraction of sp³-hybridized carbons (Fsp3) is 0.267. The van der Waals surface area contributed by atoms with Crippen molar-refractivity contribution in [3.8, 4) is 0 Å². The number of anilines is 1. The Morgan fingerprint density at radius 3 is 2.42 bits per heavy atom. The highest BCUT2D eigenvalue weighted by Gasteiger charge is 2.17. The highest BCUT2D eigenvalue weighted by molar-refractivity contribution is 9.10. The molecule has 0 aliphatic carbocycles. The van der Waals surface area contributed by atoms with Gasteiger partial charge in [0, 0.05) is 9.86 Å². The molecule has 0 radical (unpaired) electrons. The van der Waals surface area contributed by atoms with E-state index in [0.717, 1.165) is 20.9 Å². The molecule has 0 saturated carbocycles. The van der Waals surface area contributed by atoms with E-state index in [9.17, 15) is 4.79 Å². The summed E-state index contributed by atoms with van der Waals surface area (Å²) in [5.41, 5.74) is 0.227. The maximum atomic E-state index is 11.8. The average molecular weight is 322 g/mol. The number of rotatable bonds is 1. The molecule has 100 valence electrons. The molecule has 0 fully saturated rings. The van der Waals surface area contributed by atoms with Gasteiger partial charge in [0.1, 0.15) is 5.60 Å². The maximum absolute atomic E-state index is 11.8. The van der Waals surface area contributed by atoms with Gasteiger partial charge in [0.2, 0.25) is 0 Å². The minimum atomic E-state index is -0.508. The maximum Gasteiger partial charge on any atom is 0.412 e. The Morgan fingerprint density at radius 1 is 1.16 bits per heavy atom. The molecule has 0 aliphatic heterocycles. The molecule has 0 spiro atoms. The van der Waals surface area contributed by atoms with E-state index < -0.39 is 11.7 Å². The molecule has 0 atom stereocenters. The van der Waals surface area contributed by atoms with Crippen LogP contribution in [-0.4, -0.2) is 11.7 Å². The Labute approximate surface area is 121 Å². The van der Waals surface area contributed by atoms with Gasteiger partial charge in [0.25, 0.3) is 0 Å². The summed E-state index contributed by atoms with van der Waals surface area (Å²) in [6.45, 7) is 5.52. The molecule has 0 aromatic heterocycles. The lowest BCUT2D eigenvalue weighted by Crippen LogP contribution is -2.27. The van der Waals surface area contributed by atoms with Gasteiger partial charge in [-0.25, -0.2) is 4.79 Å². The molecule has 2 aromatic rings. The highest BCUT2D eigenvalue weighted by Crippen LogP contribution is 2.30. The molecular formula is C15H16BrNO2. The number of halogens is 1. The fourth-order valence-corrected chi connectivity index (χ4v) is 2.41. The van der Waals surface area contributed by atoms with Crippen LogP contribution in [0.15, 0.2) is 40.9 Å². The molecule has 2 aromatic carbocycles. The van der Waals surface area contributed by atoms with Gasteiger partial charge in [-0.3, -0.25) is 5.32 Å². The first-order valence-corrected chi connectivity index (χ1v) is 6.83. The molecule has 0 unspecified atom stereocenters. The second kappa shape index (κ2) is 5.21. The summed E-state index contributed by atoms with van der Waals surface area (Å²) in [6, 6.07) is 11.7. The molecule has 0 bridgehead atoms. The monoisotopic (exact) mass is 321 g/mol. The van der Waals surface area contributed by atoms with Crippen LogP contribution >= 0.6 is 15.9 Å². The van der Waals surface area contributed by atoms with Crippen LogP contribution in [0.25, 0.3) is 10.8 Å². The van der Waals surface area contributed by atoms with Crippen LogP contribution in [0.1, 0.15) is 20.8 Å². The van der Waals surface area contributed by atoms with Crippen molar-refractivity contribution >= 4 is 38.5 Å². The highest BCUT2D eigenvalue weighted by atomic mass is 79.9. The van der Waals surface area contributed by atoms with Crippen molar-refractivity contribution in [2.24, 2.45) is 0 Å². The minimum Gasteiger partial charge on any atom is -0.444 e. The van der Waals surface area contributed by atoms with E-state index in [2.05, 4.69) is 21.2 Å². The summed E-state index contributed by atoms with van der Waals surface area (Å²) in [7, 11) is 0. The number of carbonyl (C=O) groups excluding carboxylic acids is 1. The molecule has 1 amide bonds. The first kappa shape index (κ1) is 13.9. The van der Waals surface area contributed by atoms with Crippen LogP contribution in [0.3, 0.4) is 0 Å². The van der Waals surface area contributed by atoms with E-state index in [1.807, 2.05) is 57.2 Å². The Balaban J connectivity index is 2.33. The van der Waals surface area contributed by atoms with Crippen LogP contribution in [0.2, 0.25) is 0 Å². The zero-order valence-electron chi connectivity index (χ0n) is 11.2. The number of fused-ring (bicyclic) bond motifs is 1. The molecule has 2 rings (SSSR count). The molecular weight excluding hydrogens is 306 g/mol. The lowest BCUT2D eigenvalue weighted by atomic mass is 10.1. The predicted octanol–water partition coefficient (Wildman–Crippen LogP) is 4.95. The van der Waals surface area contributed by atoms with Gasteiger partial charge in [-0.15, -0.1) is 0 Å². The van der Waals surface area contributed by atoms with E-state index in [-0.39, 0.29) is 0 Å². The minimum absolute atomic E-state index is 0.448. The average Bonchev–Trinajstić information content (AvgIpc) is 2.26. The van der Waals surface area contributed by atoms with Gasteiger partial charge in [-0.2, -0.15) is 0 Å². The number of ether oxygens (including phenoxy) is 1. The second-order valence-corrected chi connectivity index (χ2v) is 6.12. The first-order chi connectivity index (χ1) is 8.87. The molecule has 0 aliphatic rings. The third-order valence-corrected chi connectivity index (χ3v) is 3.15. The second-order valence-electron chi connectivity index (χ2n) is 5.27. The number of hydrogen-bond acceptors (Lipinski definition) is 2. The molecule has 1 N–H and O–H groups in total. The van der Waals surface area contributed by atoms with Crippen molar-refractivity contribution in [2.45, 2.75) is 26.4 Å². The van der Waals surface area contributed by atoms with Crippen molar-refractivity contribution < 1.29 is 9.53 Å². The van der Waals surface area contributed by atoms with E-state index in [0.29, 0.717) is 0 Å². The van der Waals surface area contributed by atoms with E-state index in [1.165, 1.54) is 0 Å². The Hall–Kier alpha value is -1.55. The first-order valence-electron chi connectivity index (χ1n) is 6.04. The van der Waals surface area contributed by atoms with Gasteiger partial charge in [0.05, 0.1) is 5.69 Å². The standard InChI is InChI=1S/C15H16BrNO2/c1-15(2,3)19-14(18)17-12-9-5-7-10-6-4-8-11(16)13(10)12/h4-9H,1-3H3,(H,17,18). The lowest BCUT2D eigenvalue weighted by Gasteiger charge is -2.20. The van der Waals surface area contributed by atoms with Crippen LogP contribution in [0.5, 0.6) is 0 Å². The van der Waals surface area contributed by atoms with Crippen LogP contribution in [0, 0.1) is 0 Å². The summed E-state index contributed by atoms with van der Waals surface area (Å²) in [5.74, 6) is 0. The summed E-state index contributed by atoms with van der Waals surface area (Å²) in [5, 5.41) is 4.82. The molecule has 19 heavy (non-hydrogen) atoms. The van der Waals surface area contributed by atoms with Crippen LogP contribution in [-0.2, 0) is 4.74 Å². The van der Waals surface area contributed by atoms with Gasteiger partial charge >= 0.3 is 6.09 Å². The lowest BCUT2D eigenvalue weighted by molar-refractivity contribution is 0.0636. The summed E-state index contributed by atoms with van der Waals surface area (Å²) < 4.78 is 6.21. The van der Waals surface area contributed by atoms with Gasteiger partial charge < -0.3 is 4.74 Å². The van der Waals surface area contributed by atoms with E-state index in [4.69, 9.17) is 4.74 Å². The third-order valence-electron chi connectivity index (χ3n) is 2.49. The Morgan fingerprint density at radius 2 is 1.79 bits per heavy atom. The van der Waals surface area contributed by atoms with Crippen LogP contribution < -0.4 is 5.32 Å². The van der Waals surface area contributed by atoms with Crippen LogP contribution in [0.4, 0.5) is 10.5 Å². The summed E-state index contributed by atoms with van der Waals surface area (Å²) in [6.07, 6.45) is -0.448. The molecule has 3 nitrogen and oxygen atoms in total. The Kier molecular flexibility index (Phi) is 3.80. The zero-order chi connectivity index (χ0) is 14.0. The van der Waals surface area contributed by atoms with Crippen molar-refractivity contribution in [1.82, 2.24) is 0 Å². The van der Waals surface area contributed by atoms with Crippen molar-refractivity contribution in [2.75, 3.05) is 5.32 Å². The third kappa shape index (κ3) is 3.47. The number of hydrogen-bond donors (Lipinski definition) is 1. The van der Waals surface area contributed by atoms with E-state index in [1.54, 1.807) is 0 Å². The summed E-state index contributed by atoms with van der Waals surface area (Å²) in [4.78, 5) is 11.8. The SMILES string of the molecule is CC(C)(C)OC(=O)Nc1cccc2cccc(Br)c12. The largest absolute Gasteiger partial charge is 0.444 e. The number of amides is 1. The summed E-state index contributed by atoms with van der Waals surface area (Å²) >= 11 is 3.51. The van der Waals surface area contributed by atoms with Crippen molar-refractivity contribution in [3.05, 3.63) is 40.9 Å².